The topological polar surface area (TPSA) is 18.5 Å². The molecule has 2 rings (SSSR count). The van der Waals surface area contributed by atoms with E-state index in [2.05, 4.69) is 0 Å². The molecule has 0 fully saturated rings. The molecule has 0 radical (unpaired) electrons. The lowest BCUT2D eigenvalue weighted by Crippen LogP contribution is -1.96. The van der Waals surface area contributed by atoms with Crippen molar-refractivity contribution in [3.05, 3.63) is 65.7 Å². The van der Waals surface area contributed by atoms with E-state index in [1.165, 1.54) is 7.11 Å². The maximum atomic E-state index is 7.57. The molecule has 2 nitrogen and oxygen atoms in total. The standard InChI is InChI=1S/C16H18O2/c1-17-12-11-14-7-9-16(10-8-14)18-13-15-5-3-2-4-6-15/h2-10H,11-13H2,1H3/i12D2. The molecule has 2 aromatic rings. The highest BCUT2D eigenvalue weighted by Crippen LogP contribution is 2.14. The van der Waals surface area contributed by atoms with Gasteiger partial charge in [0, 0.05) is 7.11 Å². The Hall–Kier alpha value is -1.80. The largest absolute Gasteiger partial charge is 0.489 e. The normalized spacial score (nSPS) is 12.7. The molecule has 0 bridgehead atoms. The van der Waals surface area contributed by atoms with Crippen molar-refractivity contribution in [2.45, 2.75) is 13.0 Å². The minimum Gasteiger partial charge on any atom is -0.489 e. The van der Waals surface area contributed by atoms with E-state index in [9.17, 15) is 0 Å². The van der Waals surface area contributed by atoms with Gasteiger partial charge in [0.05, 0.1) is 9.30 Å². The molecule has 0 aliphatic heterocycles. The number of methoxy groups -OCH3 is 1. The summed E-state index contributed by atoms with van der Waals surface area (Å²) in [5.41, 5.74) is 2.00. The first-order valence-electron chi connectivity index (χ1n) is 6.90. The van der Waals surface area contributed by atoms with Crippen molar-refractivity contribution >= 4 is 0 Å². The molecule has 0 heterocycles. The summed E-state index contributed by atoms with van der Waals surface area (Å²) in [4.78, 5) is 0. The summed E-state index contributed by atoms with van der Waals surface area (Å²) in [6, 6.07) is 17.4. The van der Waals surface area contributed by atoms with Gasteiger partial charge in [0.25, 0.3) is 0 Å². The first-order valence-corrected chi connectivity index (χ1v) is 5.90. The van der Waals surface area contributed by atoms with E-state index < -0.39 is 6.56 Å². The van der Waals surface area contributed by atoms with Crippen molar-refractivity contribution in [2.75, 3.05) is 13.7 Å². The fraction of sp³-hybridized carbons (Fsp3) is 0.250. The number of aryl methyl sites for hydroxylation is 1. The Morgan fingerprint density at radius 1 is 0.944 bits per heavy atom. The average molecular weight is 244 g/mol. The molecular weight excluding hydrogens is 224 g/mol. The first kappa shape index (κ1) is 10.2. The number of rotatable bonds is 6. The summed E-state index contributed by atoms with van der Waals surface area (Å²) in [6.07, 6.45) is 0.225. The van der Waals surface area contributed by atoms with Crippen LogP contribution in [0.25, 0.3) is 0 Å². The van der Waals surface area contributed by atoms with Crippen LogP contribution in [0, 0.1) is 0 Å². The van der Waals surface area contributed by atoms with E-state index >= 15 is 0 Å². The van der Waals surface area contributed by atoms with Crippen molar-refractivity contribution in [2.24, 2.45) is 0 Å². The Morgan fingerprint density at radius 2 is 1.67 bits per heavy atom. The van der Waals surface area contributed by atoms with Crippen molar-refractivity contribution in [3.63, 3.8) is 0 Å². The molecule has 18 heavy (non-hydrogen) atoms. The van der Waals surface area contributed by atoms with Crippen LogP contribution in [-0.4, -0.2) is 13.7 Å². The molecule has 94 valence electrons. The Morgan fingerprint density at radius 3 is 2.33 bits per heavy atom. The minimum atomic E-state index is -1.63. The molecule has 0 unspecified atom stereocenters. The second kappa shape index (κ2) is 6.82. The Bertz CT molecular complexity index is 524. The third-order valence-corrected chi connectivity index (χ3v) is 2.59. The van der Waals surface area contributed by atoms with Crippen molar-refractivity contribution in [3.8, 4) is 5.75 Å². The van der Waals surface area contributed by atoms with Gasteiger partial charge in [0.1, 0.15) is 12.4 Å². The number of hydrogen-bond acceptors (Lipinski definition) is 2. The quantitative estimate of drug-likeness (QED) is 0.774. The molecule has 0 atom stereocenters. The molecule has 0 N–H and O–H groups in total. The molecule has 0 aromatic heterocycles. The second-order valence-corrected chi connectivity index (χ2v) is 3.94. The molecule has 0 saturated carbocycles. The monoisotopic (exact) mass is 244 g/mol. The van der Waals surface area contributed by atoms with Crippen LogP contribution in [0.5, 0.6) is 5.75 Å². The van der Waals surface area contributed by atoms with Gasteiger partial charge in [0.2, 0.25) is 0 Å². The van der Waals surface area contributed by atoms with Gasteiger partial charge in [-0.25, -0.2) is 0 Å². The van der Waals surface area contributed by atoms with Crippen LogP contribution in [0.3, 0.4) is 0 Å². The van der Waals surface area contributed by atoms with Gasteiger partial charge in [-0.3, -0.25) is 0 Å². The maximum absolute atomic E-state index is 7.57. The summed E-state index contributed by atoms with van der Waals surface area (Å²) in [6.45, 7) is -1.11. The second-order valence-electron chi connectivity index (χ2n) is 3.94. The summed E-state index contributed by atoms with van der Waals surface area (Å²) in [7, 11) is 1.37. The highest BCUT2D eigenvalue weighted by atomic mass is 16.5. The highest BCUT2D eigenvalue weighted by Gasteiger charge is 1.97. The summed E-state index contributed by atoms with van der Waals surface area (Å²) in [5.74, 6) is 0.774. The van der Waals surface area contributed by atoms with Crippen molar-refractivity contribution in [1.82, 2.24) is 0 Å². The van der Waals surface area contributed by atoms with E-state index in [1.54, 1.807) is 0 Å². The van der Waals surface area contributed by atoms with Gasteiger partial charge >= 0.3 is 0 Å². The average Bonchev–Trinajstić information content (AvgIpc) is 2.47. The van der Waals surface area contributed by atoms with E-state index in [0.29, 0.717) is 6.61 Å². The predicted octanol–water partition coefficient (Wildman–Crippen LogP) is 3.45. The van der Waals surface area contributed by atoms with Gasteiger partial charge in [0.15, 0.2) is 0 Å². The molecule has 0 saturated heterocycles. The van der Waals surface area contributed by atoms with Gasteiger partial charge in [-0.05, 0) is 29.7 Å². The van der Waals surface area contributed by atoms with Gasteiger partial charge < -0.3 is 9.47 Å². The fourth-order valence-electron chi connectivity index (χ4n) is 1.60. The van der Waals surface area contributed by atoms with Crippen LogP contribution in [-0.2, 0) is 17.8 Å². The van der Waals surface area contributed by atoms with E-state index in [-0.39, 0.29) is 6.42 Å². The first-order chi connectivity index (χ1) is 9.59. The van der Waals surface area contributed by atoms with E-state index in [4.69, 9.17) is 12.2 Å². The van der Waals surface area contributed by atoms with Crippen LogP contribution in [0.15, 0.2) is 54.6 Å². The number of hydrogen-bond donors (Lipinski definition) is 0. The lowest BCUT2D eigenvalue weighted by Gasteiger charge is -2.07. The molecule has 0 aliphatic rings. The van der Waals surface area contributed by atoms with Gasteiger partial charge in [-0.2, -0.15) is 0 Å². The smallest absolute Gasteiger partial charge is 0.119 e. The van der Waals surface area contributed by atoms with Crippen molar-refractivity contribution in [1.29, 1.82) is 0 Å². The van der Waals surface area contributed by atoms with Crippen molar-refractivity contribution < 1.29 is 12.2 Å². The zero-order valence-corrected chi connectivity index (χ0v) is 10.4. The van der Waals surface area contributed by atoms with Crippen LogP contribution < -0.4 is 4.74 Å². The summed E-state index contributed by atoms with van der Waals surface area (Å²) >= 11 is 0. The predicted molar refractivity (Wildman–Crippen MR) is 72.8 cm³/mol. The number of ether oxygens (including phenoxy) is 2. The molecule has 0 spiro atoms. The fourth-order valence-corrected chi connectivity index (χ4v) is 1.60. The number of benzene rings is 2. The van der Waals surface area contributed by atoms with Crippen LogP contribution in [0.1, 0.15) is 13.9 Å². The SMILES string of the molecule is [2H]C([2H])(Cc1ccc(OCc2ccccc2)cc1)OC. The third-order valence-electron chi connectivity index (χ3n) is 2.59. The minimum absolute atomic E-state index is 0.225. The Kier molecular flexibility index (Phi) is 3.85. The van der Waals surface area contributed by atoms with E-state index in [1.807, 2.05) is 54.6 Å². The lowest BCUT2D eigenvalue weighted by atomic mass is 10.1. The molecule has 0 amide bonds. The molecule has 2 aromatic carbocycles. The van der Waals surface area contributed by atoms with Crippen LogP contribution in [0.4, 0.5) is 0 Å². The molecule has 2 heteroatoms. The van der Waals surface area contributed by atoms with Crippen LogP contribution >= 0.6 is 0 Å². The van der Waals surface area contributed by atoms with E-state index in [0.717, 1.165) is 16.9 Å². The maximum Gasteiger partial charge on any atom is 0.119 e. The van der Waals surface area contributed by atoms with Gasteiger partial charge in [-0.15, -0.1) is 0 Å². The van der Waals surface area contributed by atoms with Gasteiger partial charge in [-0.1, -0.05) is 42.5 Å². The lowest BCUT2D eigenvalue weighted by molar-refractivity contribution is 0.202. The zero-order chi connectivity index (χ0) is 14.4. The zero-order valence-electron chi connectivity index (χ0n) is 12.4. The Labute approximate surface area is 111 Å². The third kappa shape index (κ3) is 3.90. The molecule has 0 aliphatic carbocycles. The highest BCUT2D eigenvalue weighted by molar-refractivity contribution is 5.27. The summed E-state index contributed by atoms with van der Waals surface area (Å²) in [5, 5.41) is 0. The Balaban J connectivity index is 1.92. The van der Waals surface area contributed by atoms with Crippen LogP contribution in [0.2, 0.25) is 0 Å². The molecular formula is C16H18O2. The summed E-state index contributed by atoms with van der Waals surface area (Å²) < 4.78 is 25.6.